The third-order valence-corrected chi connectivity index (χ3v) is 7.61. The van der Waals surface area contributed by atoms with Crippen LogP contribution < -0.4 is 4.74 Å². The van der Waals surface area contributed by atoms with Gasteiger partial charge in [-0.3, -0.25) is 4.79 Å². The molecule has 0 spiro atoms. The van der Waals surface area contributed by atoms with Crippen LogP contribution in [0.5, 0.6) is 11.6 Å². The van der Waals surface area contributed by atoms with Gasteiger partial charge in [-0.2, -0.15) is 0 Å². The Morgan fingerprint density at radius 1 is 1.14 bits per heavy atom. The molecule has 0 atom stereocenters. The SMILES string of the molecule is CN(C)C(=O)c1cccc2c1C/C(=C/CCN1CCC(O)(c3ccc(Cl)cc3)CC1)c1cccnc1O2. The Kier molecular flexibility index (Phi) is 7.33. The Morgan fingerprint density at radius 2 is 1.89 bits per heavy atom. The fourth-order valence-corrected chi connectivity index (χ4v) is 5.32. The molecule has 6 nitrogen and oxygen atoms in total. The van der Waals surface area contributed by atoms with Crippen LogP contribution in [-0.4, -0.2) is 59.5 Å². The number of piperidine rings is 1. The van der Waals surface area contributed by atoms with Crippen LogP contribution in [0.15, 0.2) is 66.9 Å². The van der Waals surface area contributed by atoms with Crippen LogP contribution in [0, 0.1) is 0 Å². The van der Waals surface area contributed by atoms with Crippen molar-refractivity contribution in [1.29, 1.82) is 0 Å². The van der Waals surface area contributed by atoms with Gasteiger partial charge in [-0.05, 0) is 66.8 Å². The summed E-state index contributed by atoms with van der Waals surface area (Å²) >= 11 is 6.02. The Bertz CT molecular complexity index is 1310. The lowest BCUT2D eigenvalue weighted by Gasteiger charge is -2.38. The fourth-order valence-electron chi connectivity index (χ4n) is 5.19. The highest BCUT2D eigenvalue weighted by Gasteiger charge is 2.33. The number of pyridine rings is 1. The molecule has 0 aliphatic carbocycles. The first-order valence-electron chi connectivity index (χ1n) is 12.7. The number of hydrogen-bond donors (Lipinski definition) is 1. The molecule has 2 aliphatic heterocycles. The highest BCUT2D eigenvalue weighted by Crippen LogP contribution is 2.39. The molecule has 1 amide bonds. The molecule has 2 aliphatic rings. The van der Waals surface area contributed by atoms with Gasteiger partial charge in [0, 0.05) is 68.1 Å². The number of carbonyl (C=O) groups excluding carboxylic acids is 1. The fraction of sp³-hybridized carbons (Fsp3) is 0.333. The minimum absolute atomic E-state index is 0.0415. The van der Waals surface area contributed by atoms with Gasteiger partial charge in [0.15, 0.2) is 0 Å². The predicted molar refractivity (Wildman–Crippen MR) is 146 cm³/mol. The van der Waals surface area contributed by atoms with Crippen LogP contribution in [0.25, 0.3) is 5.57 Å². The summed E-state index contributed by atoms with van der Waals surface area (Å²) in [6.45, 7) is 2.55. The smallest absolute Gasteiger partial charge is 0.253 e. The molecule has 5 rings (SSSR count). The molecule has 192 valence electrons. The second kappa shape index (κ2) is 10.7. The maximum Gasteiger partial charge on any atom is 0.253 e. The van der Waals surface area contributed by atoms with Gasteiger partial charge in [0.25, 0.3) is 5.91 Å². The number of nitrogens with zero attached hydrogens (tertiary/aromatic N) is 3. The van der Waals surface area contributed by atoms with Gasteiger partial charge in [-0.1, -0.05) is 35.9 Å². The van der Waals surface area contributed by atoms with E-state index in [0.717, 1.165) is 48.3 Å². The summed E-state index contributed by atoms with van der Waals surface area (Å²) in [5.41, 5.74) is 3.73. The molecule has 1 saturated heterocycles. The summed E-state index contributed by atoms with van der Waals surface area (Å²) in [5, 5.41) is 11.9. The molecule has 0 unspecified atom stereocenters. The van der Waals surface area contributed by atoms with Crippen molar-refractivity contribution >= 4 is 23.1 Å². The minimum atomic E-state index is -0.804. The number of allylic oxidation sites excluding steroid dienone is 1. The number of fused-ring (bicyclic) bond motifs is 2. The third kappa shape index (κ3) is 5.42. The van der Waals surface area contributed by atoms with Gasteiger partial charge in [0.05, 0.1) is 5.60 Å². The first-order chi connectivity index (χ1) is 17.8. The van der Waals surface area contributed by atoms with Crippen molar-refractivity contribution in [2.24, 2.45) is 0 Å². The second-order valence-corrected chi connectivity index (χ2v) is 10.5. The maximum atomic E-state index is 12.9. The molecule has 3 aromatic rings. The lowest BCUT2D eigenvalue weighted by atomic mass is 9.84. The van der Waals surface area contributed by atoms with Crippen molar-refractivity contribution in [3.05, 3.63) is 94.1 Å². The van der Waals surface area contributed by atoms with Gasteiger partial charge < -0.3 is 19.6 Å². The van der Waals surface area contributed by atoms with E-state index >= 15 is 0 Å². The van der Waals surface area contributed by atoms with Crippen molar-refractivity contribution in [2.45, 2.75) is 31.3 Å². The summed E-state index contributed by atoms with van der Waals surface area (Å²) in [5.74, 6) is 1.20. The van der Waals surface area contributed by atoms with E-state index in [1.165, 1.54) is 0 Å². The van der Waals surface area contributed by atoms with Crippen molar-refractivity contribution in [3.63, 3.8) is 0 Å². The number of rotatable bonds is 5. The van der Waals surface area contributed by atoms with Crippen LogP contribution >= 0.6 is 11.6 Å². The number of benzene rings is 2. The zero-order valence-corrected chi connectivity index (χ0v) is 22.0. The molecule has 1 fully saturated rings. The lowest BCUT2D eigenvalue weighted by Crippen LogP contribution is -2.42. The van der Waals surface area contributed by atoms with Crippen molar-refractivity contribution in [2.75, 3.05) is 33.7 Å². The molecule has 1 aromatic heterocycles. The molecule has 0 radical (unpaired) electrons. The Morgan fingerprint density at radius 3 is 2.62 bits per heavy atom. The summed E-state index contributed by atoms with van der Waals surface area (Å²) in [4.78, 5) is 21.4. The highest BCUT2D eigenvalue weighted by molar-refractivity contribution is 6.30. The van der Waals surface area contributed by atoms with Gasteiger partial charge in [-0.25, -0.2) is 4.98 Å². The van der Waals surface area contributed by atoms with E-state index in [1.807, 2.05) is 54.6 Å². The monoisotopic (exact) mass is 517 g/mol. The topological polar surface area (TPSA) is 65.9 Å². The number of aromatic nitrogens is 1. The molecule has 3 heterocycles. The average Bonchev–Trinajstić information content (AvgIpc) is 3.06. The summed E-state index contributed by atoms with van der Waals surface area (Å²) in [6.07, 6.45) is 6.80. The van der Waals surface area contributed by atoms with E-state index in [1.54, 1.807) is 25.2 Å². The molecule has 0 bridgehead atoms. The number of halogens is 1. The van der Waals surface area contributed by atoms with Gasteiger partial charge in [0.2, 0.25) is 5.88 Å². The van der Waals surface area contributed by atoms with Crippen LogP contribution in [0.3, 0.4) is 0 Å². The van der Waals surface area contributed by atoms with Crippen molar-refractivity contribution in [3.8, 4) is 11.6 Å². The van der Waals surface area contributed by atoms with E-state index in [-0.39, 0.29) is 5.91 Å². The first-order valence-corrected chi connectivity index (χ1v) is 13.1. The Balaban J connectivity index is 1.32. The third-order valence-electron chi connectivity index (χ3n) is 7.36. The van der Waals surface area contributed by atoms with Gasteiger partial charge in [-0.15, -0.1) is 0 Å². The van der Waals surface area contributed by atoms with E-state index in [2.05, 4.69) is 16.0 Å². The summed E-state index contributed by atoms with van der Waals surface area (Å²) in [7, 11) is 3.53. The number of carbonyl (C=O) groups is 1. The Labute approximate surface area is 223 Å². The van der Waals surface area contributed by atoms with Crippen molar-refractivity contribution in [1.82, 2.24) is 14.8 Å². The zero-order valence-electron chi connectivity index (χ0n) is 21.3. The number of hydrogen-bond acceptors (Lipinski definition) is 5. The maximum absolute atomic E-state index is 12.9. The summed E-state index contributed by atoms with van der Waals surface area (Å²) < 4.78 is 6.20. The van der Waals surface area contributed by atoms with Gasteiger partial charge >= 0.3 is 0 Å². The van der Waals surface area contributed by atoms with Crippen LogP contribution in [0.1, 0.15) is 46.3 Å². The first kappa shape index (κ1) is 25.5. The molecule has 1 N–H and O–H groups in total. The van der Waals surface area contributed by atoms with E-state index in [0.29, 0.717) is 41.5 Å². The largest absolute Gasteiger partial charge is 0.438 e. The minimum Gasteiger partial charge on any atom is -0.438 e. The van der Waals surface area contributed by atoms with Crippen molar-refractivity contribution < 1.29 is 14.6 Å². The van der Waals surface area contributed by atoms with Crippen LogP contribution in [0.2, 0.25) is 5.02 Å². The average molecular weight is 518 g/mol. The molecule has 0 saturated carbocycles. The number of ether oxygens (including phenoxy) is 1. The molecule has 7 heteroatoms. The highest BCUT2D eigenvalue weighted by atomic mass is 35.5. The predicted octanol–water partition coefficient (Wildman–Crippen LogP) is 5.54. The van der Waals surface area contributed by atoms with E-state index in [9.17, 15) is 9.90 Å². The number of likely N-dealkylation sites (tertiary alicyclic amines) is 1. The summed E-state index contributed by atoms with van der Waals surface area (Å²) in [6, 6.07) is 17.1. The quantitative estimate of drug-likeness (QED) is 0.481. The second-order valence-electron chi connectivity index (χ2n) is 10.0. The van der Waals surface area contributed by atoms with E-state index in [4.69, 9.17) is 16.3 Å². The van der Waals surface area contributed by atoms with Crippen LogP contribution in [-0.2, 0) is 12.0 Å². The number of aliphatic hydroxyl groups is 1. The molecule has 2 aromatic carbocycles. The van der Waals surface area contributed by atoms with Crippen LogP contribution in [0.4, 0.5) is 0 Å². The van der Waals surface area contributed by atoms with E-state index < -0.39 is 5.60 Å². The lowest BCUT2D eigenvalue weighted by molar-refractivity contribution is -0.0254. The standard InChI is InChI=1S/C30H32ClN3O3/c1-33(2)29(35)25-7-3-9-27-26(25)20-21(24-8-4-16-32-28(24)37-27)6-5-17-34-18-14-30(36,15-19-34)22-10-12-23(31)13-11-22/h3-4,6-13,16,36H,5,14-15,17-20H2,1-2H3/b21-6-. The van der Waals surface area contributed by atoms with Gasteiger partial charge in [0.1, 0.15) is 5.75 Å². The Hall–Kier alpha value is -3.19. The molecule has 37 heavy (non-hydrogen) atoms. The molecular formula is C30H32ClN3O3. The number of amides is 1. The normalized spacial score (nSPS) is 17.9. The molecular weight excluding hydrogens is 486 g/mol. The zero-order chi connectivity index (χ0) is 26.0.